The summed E-state index contributed by atoms with van der Waals surface area (Å²) in [6, 6.07) is 11.5. The molecule has 0 aliphatic carbocycles. The van der Waals surface area contributed by atoms with E-state index in [4.69, 9.17) is 9.47 Å². The predicted molar refractivity (Wildman–Crippen MR) is 92.8 cm³/mol. The molecule has 130 valence electrons. The van der Waals surface area contributed by atoms with Gasteiger partial charge in [-0.15, -0.1) is 0 Å². The van der Waals surface area contributed by atoms with Crippen LogP contribution in [0.5, 0.6) is 5.75 Å². The van der Waals surface area contributed by atoms with Crippen molar-refractivity contribution in [3.8, 4) is 5.75 Å². The number of esters is 1. The third-order valence-electron chi connectivity index (χ3n) is 3.27. The highest BCUT2D eigenvalue weighted by atomic mass is 19.1. The van der Waals surface area contributed by atoms with Crippen LogP contribution in [0.15, 0.2) is 48.5 Å². The van der Waals surface area contributed by atoms with Crippen molar-refractivity contribution in [2.45, 2.75) is 6.92 Å². The van der Waals surface area contributed by atoms with E-state index in [1.54, 1.807) is 18.2 Å². The van der Waals surface area contributed by atoms with Crippen LogP contribution in [0.3, 0.4) is 0 Å². The summed E-state index contributed by atoms with van der Waals surface area (Å²) in [6.07, 6.45) is 2.52. The second kappa shape index (κ2) is 8.63. The van der Waals surface area contributed by atoms with E-state index in [1.807, 2.05) is 19.1 Å². The fraction of sp³-hybridized carbons (Fsp3) is 0.158. The standard InChI is InChI=1S/C19H18FNO4/c1-13-3-7-15(8-4-13)21-18(22)12-25-19(23)10-6-14-5-9-17(24-2)16(20)11-14/h3-11H,12H2,1-2H3,(H,21,22)/b10-6+. The van der Waals surface area contributed by atoms with Gasteiger partial charge in [-0.3, -0.25) is 4.79 Å². The van der Waals surface area contributed by atoms with Gasteiger partial charge in [0.1, 0.15) is 0 Å². The van der Waals surface area contributed by atoms with E-state index >= 15 is 0 Å². The number of amides is 1. The van der Waals surface area contributed by atoms with Gasteiger partial charge in [-0.25, -0.2) is 9.18 Å². The molecule has 0 unspecified atom stereocenters. The predicted octanol–water partition coefficient (Wildman–Crippen LogP) is 3.34. The number of anilines is 1. The monoisotopic (exact) mass is 343 g/mol. The Balaban J connectivity index is 1.82. The SMILES string of the molecule is COc1ccc(/C=C/C(=O)OCC(=O)Nc2ccc(C)cc2)cc1F. The summed E-state index contributed by atoms with van der Waals surface area (Å²) in [5.74, 6) is -1.56. The zero-order valence-corrected chi connectivity index (χ0v) is 13.9. The molecule has 0 saturated heterocycles. The van der Waals surface area contributed by atoms with Crippen LogP contribution in [0.25, 0.3) is 6.08 Å². The number of benzene rings is 2. The van der Waals surface area contributed by atoms with Gasteiger partial charge in [0.15, 0.2) is 18.2 Å². The van der Waals surface area contributed by atoms with Gasteiger partial charge in [0.2, 0.25) is 0 Å². The number of rotatable bonds is 6. The molecule has 25 heavy (non-hydrogen) atoms. The van der Waals surface area contributed by atoms with E-state index in [9.17, 15) is 14.0 Å². The first-order chi connectivity index (χ1) is 12.0. The molecule has 0 aromatic heterocycles. The zero-order valence-electron chi connectivity index (χ0n) is 13.9. The number of nitrogens with one attached hydrogen (secondary N) is 1. The fourth-order valence-electron chi connectivity index (χ4n) is 1.97. The molecule has 2 aromatic carbocycles. The number of hydrogen-bond acceptors (Lipinski definition) is 4. The smallest absolute Gasteiger partial charge is 0.331 e. The summed E-state index contributed by atoms with van der Waals surface area (Å²) >= 11 is 0. The third kappa shape index (κ3) is 5.76. The number of carbonyl (C=O) groups is 2. The first-order valence-electron chi connectivity index (χ1n) is 7.53. The molecule has 0 radical (unpaired) electrons. The average molecular weight is 343 g/mol. The lowest BCUT2D eigenvalue weighted by atomic mass is 10.2. The summed E-state index contributed by atoms with van der Waals surface area (Å²) < 4.78 is 23.2. The van der Waals surface area contributed by atoms with Gasteiger partial charge in [0.25, 0.3) is 5.91 Å². The third-order valence-corrected chi connectivity index (χ3v) is 3.27. The zero-order chi connectivity index (χ0) is 18.2. The maximum atomic E-state index is 13.5. The van der Waals surface area contributed by atoms with Crippen molar-refractivity contribution in [2.24, 2.45) is 0 Å². The van der Waals surface area contributed by atoms with Gasteiger partial charge in [0, 0.05) is 11.8 Å². The lowest BCUT2D eigenvalue weighted by Crippen LogP contribution is -2.20. The van der Waals surface area contributed by atoms with E-state index in [2.05, 4.69) is 5.32 Å². The summed E-state index contributed by atoms with van der Waals surface area (Å²) in [6.45, 7) is 1.53. The minimum atomic E-state index is -0.699. The van der Waals surface area contributed by atoms with Crippen LogP contribution in [0.1, 0.15) is 11.1 Å². The van der Waals surface area contributed by atoms with Crippen molar-refractivity contribution in [1.82, 2.24) is 0 Å². The minimum absolute atomic E-state index is 0.118. The van der Waals surface area contributed by atoms with Gasteiger partial charge in [-0.1, -0.05) is 23.8 Å². The first kappa shape index (κ1) is 18.2. The lowest BCUT2D eigenvalue weighted by molar-refractivity contribution is -0.142. The summed E-state index contributed by atoms with van der Waals surface area (Å²) in [4.78, 5) is 23.3. The molecule has 6 heteroatoms. The highest BCUT2D eigenvalue weighted by Gasteiger charge is 2.06. The summed E-state index contributed by atoms with van der Waals surface area (Å²) in [7, 11) is 1.37. The normalized spacial score (nSPS) is 10.5. The van der Waals surface area contributed by atoms with Crippen LogP contribution >= 0.6 is 0 Å². The number of ether oxygens (including phenoxy) is 2. The minimum Gasteiger partial charge on any atom is -0.494 e. The molecule has 0 heterocycles. The van der Waals surface area contributed by atoms with Crippen LogP contribution < -0.4 is 10.1 Å². The molecule has 0 bridgehead atoms. The molecule has 5 nitrogen and oxygen atoms in total. The van der Waals surface area contributed by atoms with Crippen molar-refractivity contribution in [2.75, 3.05) is 19.0 Å². The summed E-state index contributed by atoms with van der Waals surface area (Å²) in [5, 5.41) is 2.61. The number of carbonyl (C=O) groups excluding carboxylic acids is 2. The second-order valence-electron chi connectivity index (χ2n) is 5.25. The van der Waals surface area contributed by atoms with E-state index in [0.29, 0.717) is 11.3 Å². The Bertz CT molecular complexity index is 785. The number of hydrogen-bond donors (Lipinski definition) is 1. The topological polar surface area (TPSA) is 64.6 Å². The number of methoxy groups -OCH3 is 1. The van der Waals surface area contributed by atoms with Gasteiger partial charge in [0.05, 0.1) is 7.11 Å². The van der Waals surface area contributed by atoms with Crippen LogP contribution in [-0.2, 0) is 14.3 Å². The van der Waals surface area contributed by atoms with Crippen LogP contribution in [-0.4, -0.2) is 25.6 Å². The van der Waals surface area contributed by atoms with Crippen molar-refractivity contribution in [3.63, 3.8) is 0 Å². The van der Waals surface area contributed by atoms with Crippen LogP contribution in [0.4, 0.5) is 10.1 Å². The highest BCUT2D eigenvalue weighted by Crippen LogP contribution is 2.18. The Morgan fingerprint density at radius 1 is 1.16 bits per heavy atom. The molecule has 0 fully saturated rings. The van der Waals surface area contributed by atoms with Gasteiger partial charge in [-0.05, 0) is 42.8 Å². The van der Waals surface area contributed by atoms with Crippen molar-refractivity contribution in [1.29, 1.82) is 0 Å². The Morgan fingerprint density at radius 2 is 1.88 bits per heavy atom. The molecule has 0 spiro atoms. The summed E-state index contributed by atoms with van der Waals surface area (Å²) in [5.41, 5.74) is 2.17. The molecule has 0 saturated carbocycles. The molecular formula is C19H18FNO4. The Kier molecular flexibility index (Phi) is 6.28. The van der Waals surface area contributed by atoms with Crippen molar-refractivity contribution < 1.29 is 23.5 Å². The molecule has 0 atom stereocenters. The van der Waals surface area contributed by atoms with E-state index in [-0.39, 0.29) is 5.75 Å². The number of aryl methyl sites for hydroxylation is 1. The highest BCUT2D eigenvalue weighted by molar-refractivity contribution is 5.94. The van der Waals surface area contributed by atoms with Gasteiger partial charge < -0.3 is 14.8 Å². The average Bonchev–Trinajstić information content (AvgIpc) is 2.60. The number of halogens is 1. The van der Waals surface area contributed by atoms with Gasteiger partial charge >= 0.3 is 5.97 Å². The molecule has 0 aliphatic rings. The van der Waals surface area contributed by atoms with E-state index < -0.39 is 24.3 Å². The first-order valence-corrected chi connectivity index (χ1v) is 7.53. The lowest BCUT2D eigenvalue weighted by Gasteiger charge is -2.05. The maximum absolute atomic E-state index is 13.5. The molecule has 0 aliphatic heterocycles. The maximum Gasteiger partial charge on any atom is 0.331 e. The quantitative estimate of drug-likeness (QED) is 0.645. The Labute approximate surface area is 145 Å². The molecular weight excluding hydrogens is 325 g/mol. The van der Waals surface area contributed by atoms with Crippen molar-refractivity contribution in [3.05, 3.63) is 65.5 Å². The largest absolute Gasteiger partial charge is 0.494 e. The molecule has 2 aromatic rings. The van der Waals surface area contributed by atoms with E-state index in [1.165, 1.54) is 25.3 Å². The fourth-order valence-corrected chi connectivity index (χ4v) is 1.97. The second-order valence-corrected chi connectivity index (χ2v) is 5.25. The van der Waals surface area contributed by atoms with E-state index in [0.717, 1.165) is 11.6 Å². The van der Waals surface area contributed by atoms with Crippen LogP contribution in [0, 0.1) is 12.7 Å². The molecule has 2 rings (SSSR count). The van der Waals surface area contributed by atoms with Gasteiger partial charge in [-0.2, -0.15) is 0 Å². The molecule has 1 amide bonds. The van der Waals surface area contributed by atoms with Crippen molar-refractivity contribution >= 4 is 23.6 Å². The molecule has 1 N–H and O–H groups in total. The Hall–Kier alpha value is -3.15. The Morgan fingerprint density at radius 3 is 2.52 bits per heavy atom. The van der Waals surface area contributed by atoms with Crippen LogP contribution in [0.2, 0.25) is 0 Å².